The highest BCUT2D eigenvalue weighted by Crippen LogP contribution is 2.25. The summed E-state index contributed by atoms with van der Waals surface area (Å²) in [5.41, 5.74) is 0. The van der Waals surface area contributed by atoms with E-state index in [0.29, 0.717) is 18.9 Å². The first kappa shape index (κ1) is 13.3. The summed E-state index contributed by atoms with van der Waals surface area (Å²) < 4.78 is 5.39. The van der Waals surface area contributed by atoms with Gasteiger partial charge in [0.05, 0.1) is 18.6 Å². The molecule has 3 nitrogen and oxygen atoms in total. The van der Waals surface area contributed by atoms with Crippen LogP contribution < -0.4 is 0 Å². The van der Waals surface area contributed by atoms with E-state index in [1.807, 2.05) is 12.2 Å². The molecule has 0 radical (unpaired) electrons. The number of carbonyl (C=O) groups excluding carboxylic acids is 1. The Hall–Kier alpha value is -1.09. The fourth-order valence-electron chi connectivity index (χ4n) is 2.61. The van der Waals surface area contributed by atoms with E-state index < -0.39 is 0 Å². The molecule has 0 saturated heterocycles. The van der Waals surface area contributed by atoms with Crippen molar-refractivity contribution < 1.29 is 14.6 Å². The van der Waals surface area contributed by atoms with E-state index in [-0.39, 0.29) is 18.0 Å². The molecule has 0 amide bonds. The topological polar surface area (TPSA) is 46.5 Å². The van der Waals surface area contributed by atoms with Crippen LogP contribution in [0.25, 0.3) is 0 Å². The summed E-state index contributed by atoms with van der Waals surface area (Å²) in [4.78, 5) is 12.0. The summed E-state index contributed by atoms with van der Waals surface area (Å²) in [6.45, 7) is 0.465. The SMILES string of the molecule is O=C(OCC1C=CC=CC1)C1CCCCC(O)C1. The first-order valence-corrected chi connectivity index (χ1v) is 6.93. The molecule has 0 spiro atoms. The lowest BCUT2D eigenvalue weighted by atomic mass is 9.99. The molecule has 0 bridgehead atoms. The van der Waals surface area contributed by atoms with Gasteiger partial charge in [-0.1, -0.05) is 37.1 Å². The maximum Gasteiger partial charge on any atom is 0.309 e. The van der Waals surface area contributed by atoms with Crippen molar-refractivity contribution in [2.24, 2.45) is 11.8 Å². The number of rotatable bonds is 3. The van der Waals surface area contributed by atoms with Gasteiger partial charge in [-0.3, -0.25) is 4.79 Å². The zero-order valence-corrected chi connectivity index (χ0v) is 10.8. The van der Waals surface area contributed by atoms with Crippen molar-refractivity contribution in [2.75, 3.05) is 6.61 Å². The van der Waals surface area contributed by atoms with E-state index in [0.717, 1.165) is 32.1 Å². The zero-order chi connectivity index (χ0) is 12.8. The Bertz CT molecular complexity index is 333. The molecule has 0 aromatic heterocycles. The van der Waals surface area contributed by atoms with Gasteiger partial charge in [0.1, 0.15) is 0 Å². The summed E-state index contributed by atoms with van der Waals surface area (Å²) in [5.74, 6) is 0.0826. The van der Waals surface area contributed by atoms with Gasteiger partial charge in [-0.2, -0.15) is 0 Å². The molecule has 0 aromatic rings. The van der Waals surface area contributed by atoms with Gasteiger partial charge in [0, 0.05) is 5.92 Å². The number of carbonyl (C=O) groups is 1. The molecule has 3 atom stereocenters. The second-order valence-electron chi connectivity index (χ2n) is 5.31. The van der Waals surface area contributed by atoms with Crippen LogP contribution in [0, 0.1) is 11.8 Å². The van der Waals surface area contributed by atoms with Crippen molar-refractivity contribution in [1.29, 1.82) is 0 Å². The first-order chi connectivity index (χ1) is 8.75. The van der Waals surface area contributed by atoms with Crippen LogP contribution in [0.5, 0.6) is 0 Å². The molecule has 0 aromatic carbocycles. The van der Waals surface area contributed by atoms with E-state index in [1.165, 1.54) is 0 Å². The second-order valence-corrected chi connectivity index (χ2v) is 5.31. The molecule has 1 saturated carbocycles. The average Bonchev–Trinajstić information content (AvgIpc) is 2.62. The number of ether oxygens (including phenoxy) is 1. The van der Waals surface area contributed by atoms with Crippen LogP contribution in [-0.4, -0.2) is 23.8 Å². The molecular formula is C15H22O3. The maximum absolute atomic E-state index is 12.0. The highest BCUT2D eigenvalue weighted by molar-refractivity contribution is 5.72. The van der Waals surface area contributed by atoms with E-state index in [9.17, 15) is 9.90 Å². The Morgan fingerprint density at radius 3 is 2.89 bits per heavy atom. The number of esters is 1. The minimum absolute atomic E-state index is 0.106. The lowest BCUT2D eigenvalue weighted by Crippen LogP contribution is -2.23. The van der Waals surface area contributed by atoms with Crippen LogP contribution in [0.1, 0.15) is 38.5 Å². The molecule has 0 aliphatic heterocycles. The number of hydrogen-bond donors (Lipinski definition) is 1. The van der Waals surface area contributed by atoms with Gasteiger partial charge in [-0.25, -0.2) is 0 Å². The van der Waals surface area contributed by atoms with Crippen molar-refractivity contribution in [1.82, 2.24) is 0 Å². The van der Waals surface area contributed by atoms with Crippen LogP contribution in [0.4, 0.5) is 0 Å². The Balaban J connectivity index is 1.76. The molecule has 3 unspecified atom stereocenters. The fourth-order valence-corrected chi connectivity index (χ4v) is 2.61. The third-order valence-electron chi connectivity index (χ3n) is 3.74. The third kappa shape index (κ3) is 3.98. The lowest BCUT2D eigenvalue weighted by molar-refractivity contribution is -0.150. The van der Waals surface area contributed by atoms with Crippen LogP contribution in [0.2, 0.25) is 0 Å². The average molecular weight is 250 g/mol. The first-order valence-electron chi connectivity index (χ1n) is 6.93. The number of hydrogen-bond acceptors (Lipinski definition) is 3. The van der Waals surface area contributed by atoms with Crippen LogP contribution in [-0.2, 0) is 9.53 Å². The van der Waals surface area contributed by atoms with E-state index in [2.05, 4.69) is 12.2 Å². The molecule has 2 rings (SSSR count). The van der Waals surface area contributed by atoms with Crippen LogP contribution >= 0.6 is 0 Å². The third-order valence-corrected chi connectivity index (χ3v) is 3.74. The summed E-state index contributed by atoms with van der Waals surface area (Å²) >= 11 is 0. The minimum atomic E-state index is -0.331. The highest BCUT2D eigenvalue weighted by atomic mass is 16.5. The largest absolute Gasteiger partial charge is 0.465 e. The Kier molecular flexibility index (Phi) is 5.00. The molecule has 0 heterocycles. The van der Waals surface area contributed by atoms with E-state index in [4.69, 9.17) is 4.74 Å². The van der Waals surface area contributed by atoms with Gasteiger partial charge < -0.3 is 9.84 Å². The second kappa shape index (κ2) is 6.74. The molecule has 18 heavy (non-hydrogen) atoms. The number of aliphatic hydroxyl groups excluding tert-OH is 1. The summed E-state index contributed by atoms with van der Waals surface area (Å²) in [6, 6.07) is 0. The number of aliphatic hydroxyl groups is 1. The molecular weight excluding hydrogens is 228 g/mol. The van der Waals surface area contributed by atoms with Crippen molar-refractivity contribution >= 4 is 5.97 Å². The van der Waals surface area contributed by atoms with Gasteiger partial charge in [-0.05, 0) is 25.7 Å². The predicted molar refractivity (Wildman–Crippen MR) is 69.9 cm³/mol. The Labute approximate surface area is 109 Å². The van der Waals surface area contributed by atoms with Gasteiger partial charge in [0.2, 0.25) is 0 Å². The minimum Gasteiger partial charge on any atom is -0.465 e. The predicted octanol–water partition coefficient (Wildman–Crippen LogP) is 2.60. The van der Waals surface area contributed by atoms with Gasteiger partial charge >= 0.3 is 5.97 Å². The monoisotopic (exact) mass is 250 g/mol. The number of allylic oxidation sites excluding steroid dienone is 3. The molecule has 2 aliphatic rings. The molecule has 2 aliphatic carbocycles. The van der Waals surface area contributed by atoms with E-state index >= 15 is 0 Å². The lowest BCUT2D eigenvalue weighted by Gasteiger charge is -2.18. The fraction of sp³-hybridized carbons (Fsp3) is 0.667. The zero-order valence-electron chi connectivity index (χ0n) is 10.8. The molecule has 3 heteroatoms. The van der Waals surface area contributed by atoms with E-state index in [1.54, 1.807) is 0 Å². The summed E-state index contributed by atoms with van der Waals surface area (Å²) in [6.07, 6.45) is 13.1. The molecule has 1 N–H and O–H groups in total. The summed E-state index contributed by atoms with van der Waals surface area (Å²) in [5, 5.41) is 9.70. The van der Waals surface area contributed by atoms with Crippen LogP contribution in [0.3, 0.4) is 0 Å². The highest BCUT2D eigenvalue weighted by Gasteiger charge is 2.26. The quantitative estimate of drug-likeness (QED) is 0.618. The Morgan fingerprint density at radius 1 is 1.28 bits per heavy atom. The van der Waals surface area contributed by atoms with Crippen molar-refractivity contribution in [2.45, 2.75) is 44.6 Å². The maximum atomic E-state index is 12.0. The molecule has 100 valence electrons. The standard InChI is InChI=1S/C15H22O3/c16-14-9-5-4-8-13(10-14)15(17)18-11-12-6-2-1-3-7-12/h1-3,6,12-14,16H,4-5,7-11H2. The van der Waals surface area contributed by atoms with Crippen LogP contribution in [0.15, 0.2) is 24.3 Å². The summed E-state index contributed by atoms with van der Waals surface area (Å²) in [7, 11) is 0. The van der Waals surface area contributed by atoms with Crippen molar-refractivity contribution in [3.8, 4) is 0 Å². The smallest absolute Gasteiger partial charge is 0.309 e. The van der Waals surface area contributed by atoms with Crippen molar-refractivity contribution in [3.05, 3.63) is 24.3 Å². The van der Waals surface area contributed by atoms with Gasteiger partial charge in [-0.15, -0.1) is 0 Å². The van der Waals surface area contributed by atoms with Gasteiger partial charge in [0.25, 0.3) is 0 Å². The molecule has 1 fully saturated rings. The van der Waals surface area contributed by atoms with Gasteiger partial charge in [0.15, 0.2) is 0 Å². The van der Waals surface area contributed by atoms with Crippen molar-refractivity contribution in [3.63, 3.8) is 0 Å². The Morgan fingerprint density at radius 2 is 2.11 bits per heavy atom. The normalized spacial score (nSPS) is 31.9.